The molecule has 178 valence electrons. The van der Waals surface area contributed by atoms with Crippen LogP contribution in [0.3, 0.4) is 0 Å². The first-order valence-corrected chi connectivity index (χ1v) is 11.4. The van der Waals surface area contributed by atoms with Gasteiger partial charge in [-0.3, -0.25) is 19.6 Å². The Balaban J connectivity index is 1.33. The molecule has 0 spiro atoms. The van der Waals surface area contributed by atoms with Crippen LogP contribution >= 0.6 is 0 Å². The Hall–Kier alpha value is -3.81. The fourth-order valence-corrected chi connectivity index (χ4v) is 4.69. The molecule has 0 radical (unpaired) electrons. The molecule has 3 heterocycles. The van der Waals surface area contributed by atoms with E-state index in [2.05, 4.69) is 14.9 Å². The molecule has 1 fully saturated rings. The summed E-state index contributed by atoms with van der Waals surface area (Å²) in [6.45, 7) is 2.77. The number of benzene rings is 2. The number of anilines is 1. The zero-order valence-corrected chi connectivity index (χ0v) is 19.0. The molecule has 0 saturated carbocycles. The van der Waals surface area contributed by atoms with Crippen molar-refractivity contribution in [1.29, 1.82) is 0 Å². The van der Waals surface area contributed by atoms with Crippen molar-refractivity contribution in [1.82, 2.24) is 4.98 Å². The Labute approximate surface area is 200 Å². The van der Waals surface area contributed by atoms with Crippen molar-refractivity contribution in [3.05, 3.63) is 77.6 Å². The average Bonchev–Trinajstić information content (AvgIpc) is 2.81. The third-order valence-electron chi connectivity index (χ3n) is 6.66. The number of nitrogens with zero attached hydrogens (tertiary/aromatic N) is 3. The van der Waals surface area contributed by atoms with Crippen LogP contribution in [0, 0.1) is 5.92 Å². The number of alkyl halides is 3. The predicted molar refractivity (Wildman–Crippen MR) is 129 cm³/mol. The lowest BCUT2D eigenvalue weighted by molar-refractivity contribution is -0.0576. The van der Waals surface area contributed by atoms with E-state index in [1.807, 2.05) is 6.07 Å². The number of hydrogen-bond acceptors (Lipinski definition) is 5. The van der Waals surface area contributed by atoms with Crippen LogP contribution in [-0.4, -0.2) is 41.5 Å². The Morgan fingerprint density at radius 1 is 0.971 bits per heavy atom. The molecule has 35 heavy (non-hydrogen) atoms. The summed E-state index contributed by atoms with van der Waals surface area (Å²) in [5.74, 6) is -0.0955. The Morgan fingerprint density at radius 2 is 1.66 bits per heavy atom. The summed E-state index contributed by atoms with van der Waals surface area (Å²) < 4.78 is 39.5. The molecule has 1 aromatic heterocycles. The summed E-state index contributed by atoms with van der Waals surface area (Å²) in [4.78, 5) is 34.4. The molecule has 2 aromatic carbocycles. The SMILES string of the molecule is CC(=O)c1ccc(C(=O)C2CCN(c3ccnc4ccc(C5=CN=C5C(F)(F)F)cc34)CC2)cc1. The summed E-state index contributed by atoms with van der Waals surface area (Å²) >= 11 is 0. The minimum Gasteiger partial charge on any atom is -0.371 e. The second kappa shape index (κ2) is 8.76. The number of halogens is 3. The fourth-order valence-electron chi connectivity index (χ4n) is 4.69. The lowest BCUT2D eigenvalue weighted by Gasteiger charge is -2.33. The maximum Gasteiger partial charge on any atom is 0.434 e. The fraction of sp³-hybridized carbons (Fsp3) is 0.259. The van der Waals surface area contributed by atoms with Crippen molar-refractivity contribution in [3.63, 3.8) is 0 Å². The number of carbonyl (C=O) groups excluding carboxylic acids is 2. The highest BCUT2D eigenvalue weighted by Gasteiger charge is 2.41. The van der Waals surface area contributed by atoms with Gasteiger partial charge in [-0.2, -0.15) is 13.2 Å². The van der Waals surface area contributed by atoms with E-state index in [1.54, 1.807) is 48.7 Å². The highest BCUT2D eigenvalue weighted by molar-refractivity contribution is 6.31. The molecule has 0 atom stereocenters. The molecule has 0 aliphatic carbocycles. The quantitative estimate of drug-likeness (QED) is 0.430. The molecular formula is C27H22F3N3O2. The van der Waals surface area contributed by atoms with Crippen LogP contribution in [0.2, 0.25) is 0 Å². The molecule has 0 bridgehead atoms. The summed E-state index contributed by atoms with van der Waals surface area (Å²) in [6, 6.07) is 13.7. The minimum atomic E-state index is -4.49. The normalized spacial score (nSPS) is 16.5. The van der Waals surface area contributed by atoms with Gasteiger partial charge in [0.25, 0.3) is 0 Å². The van der Waals surface area contributed by atoms with Gasteiger partial charge >= 0.3 is 6.18 Å². The first kappa shape index (κ1) is 23.0. The summed E-state index contributed by atoms with van der Waals surface area (Å²) in [6.07, 6.45) is -0.242. The van der Waals surface area contributed by atoms with E-state index in [1.165, 1.54) is 13.1 Å². The highest BCUT2D eigenvalue weighted by atomic mass is 19.4. The van der Waals surface area contributed by atoms with Gasteiger partial charge in [0.15, 0.2) is 17.3 Å². The van der Waals surface area contributed by atoms with Gasteiger partial charge in [-0.15, -0.1) is 0 Å². The minimum absolute atomic E-state index is 0.0412. The molecule has 5 nitrogen and oxygen atoms in total. The molecule has 3 aromatic rings. The first-order valence-electron chi connectivity index (χ1n) is 11.4. The number of carbonyl (C=O) groups is 2. The van der Waals surface area contributed by atoms with E-state index in [-0.39, 0.29) is 23.1 Å². The topological polar surface area (TPSA) is 62.6 Å². The summed E-state index contributed by atoms with van der Waals surface area (Å²) in [5, 5.41) is 0.768. The van der Waals surface area contributed by atoms with Crippen molar-refractivity contribution in [2.45, 2.75) is 25.9 Å². The van der Waals surface area contributed by atoms with Crippen LogP contribution in [0.4, 0.5) is 18.9 Å². The van der Waals surface area contributed by atoms with Gasteiger partial charge in [-0.25, -0.2) is 0 Å². The number of pyridine rings is 1. The molecule has 2 aliphatic heterocycles. The number of Topliss-reactive ketones (excluding diaryl/α,β-unsaturated/α-hetero) is 2. The van der Waals surface area contributed by atoms with Crippen molar-refractivity contribution in [3.8, 4) is 0 Å². The number of ketones is 2. The van der Waals surface area contributed by atoms with Crippen LogP contribution in [-0.2, 0) is 0 Å². The smallest absolute Gasteiger partial charge is 0.371 e. The Kier molecular flexibility index (Phi) is 5.75. The van der Waals surface area contributed by atoms with E-state index in [0.29, 0.717) is 48.1 Å². The van der Waals surface area contributed by atoms with E-state index >= 15 is 0 Å². The van der Waals surface area contributed by atoms with Crippen LogP contribution in [0.5, 0.6) is 0 Å². The van der Waals surface area contributed by atoms with E-state index in [0.717, 1.165) is 11.1 Å². The van der Waals surface area contributed by atoms with Crippen LogP contribution in [0.15, 0.2) is 65.9 Å². The Bertz CT molecular complexity index is 1380. The van der Waals surface area contributed by atoms with Crippen LogP contribution in [0.25, 0.3) is 16.5 Å². The Morgan fingerprint density at radius 3 is 2.26 bits per heavy atom. The molecule has 1 saturated heterocycles. The third kappa shape index (κ3) is 4.36. The lowest BCUT2D eigenvalue weighted by Crippen LogP contribution is -2.36. The second-order valence-electron chi connectivity index (χ2n) is 8.84. The molecule has 2 aliphatic rings. The van der Waals surface area contributed by atoms with Crippen molar-refractivity contribution in [2.24, 2.45) is 10.9 Å². The highest BCUT2D eigenvalue weighted by Crippen LogP contribution is 2.37. The van der Waals surface area contributed by atoms with Gasteiger partial charge in [0, 0.05) is 59.2 Å². The standard InChI is InChI=1S/C27H22F3N3O2/c1-16(34)17-2-4-18(5-3-17)25(35)19-9-12-33(13-10-19)24-8-11-31-23-7-6-20(14-21(23)24)22-15-32-26(22)27(28,29)30/h2-8,11,14-15,19H,9-10,12-13H2,1H3. The van der Waals surface area contributed by atoms with Crippen LogP contribution < -0.4 is 4.90 Å². The van der Waals surface area contributed by atoms with Gasteiger partial charge in [0.1, 0.15) is 0 Å². The largest absolute Gasteiger partial charge is 0.434 e. The lowest BCUT2D eigenvalue weighted by atomic mass is 9.88. The number of aliphatic imine (C=N–C) groups is 1. The molecule has 0 N–H and O–H groups in total. The van der Waals surface area contributed by atoms with Gasteiger partial charge < -0.3 is 4.90 Å². The zero-order valence-electron chi connectivity index (χ0n) is 19.0. The maximum absolute atomic E-state index is 13.2. The van der Waals surface area contributed by atoms with E-state index in [4.69, 9.17) is 0 Å². The molecule has 5 rings (SSSR count). The number of piperidine rings is 1. The summed E-state index contributed by atoms with van der Waals surface area (Å²) in [7, 11) is 0. The van der Waals surface area contributed by atoms with E-state index in [9.17, 15) is 22.8 Å². The molecule has 0 unspecified atom stereocenters. The number of fused-ring (bicyclic) bond motifs is 1. The molecular weight excluding hydrogens is 455 g/mol. The third-order valence-corrected chi connectivity index (χ3v) is 6.66. The number of hydrogen-bond donors (Lipinski definition) is 0. The van der Waals surface area contributed by atoms with Gasteiger partial charge in [-0.1, -0.05) is 30.3 Å². The van der Waals surface area contributed by atoms with Gasteiger partial charge in [-0.05, 0) is 43.5 Å². The van der Waals surface area contributed by atoms with Gasteiger partial charge in [0.05, 0.1) is 5.52 Å². The maximum atomic E-state index is 13.2. The average molecular weight is 477 g/mol. The van der Waals surface area contributed by atoms with Crippen molar-refractivity contribution in [2.75, 3.05) is 18.0 Å². The number of rotatable bonds is 5. The first-order chi connectivity index (χ1) is 16.7. The monoisotopic (exact) mass is 477 g/mol. The van der Waals surface area contributed by atoms with Crippen molar-refractivity contribution < 1.29 is 22.8 Å². The number of aromatic nitrogens is 1. The number of allylic oxidation sites excluding steroid dienone is 1. The molecule has 8 heteroatoms. The zero-order chi connectivity index (χ0) is 24.7. The predicted octanol–water partition coefficient (Wildman–Crippen LogP) is 5.89. The van der Waals surface area contributed by atoms with Gasteiger partial charge in [0.2, 0.25) is 0 Å². The van der Waals surface area contributed by atoms with Crippen molar-refractivity contribution >= 4 is 39.4 Å². The van der Waals surface area contributed by atoms with Crippen LogP contribution in [0.1, 0.15) is 46.0 Å². The summed E-state index contributed by atoms with van der Waals surface area (Å²) in [5.41, 5.74) is 2.43. The second-order valence-corrected chi connectivity index (χ2v) is 8.84. The van der Waals surface area contributed by atoms with E-state index < -0.39 is 11.9 Å². The molecule has 0 amide bonds.